The van der Waals surface area contributed by atoms with Crippen LogP contribution in [0.25, 0.3) is 0 Å². The Morgan fingerprint density at radius 1 is 1.16 bits per heavy atom. The molecule has 0 unspecified atom stereocenters. The first-order chi connectivity index (χ1) is 14.5. The van der Waals surface area contributed by atoms with Gasteiger partial charge in [0, 0.05) is 25.6 Å². The summed E-state index contributed by atoms with van der Waals surface area (Å²) in [5.41, 5.74) is -1.28. The zero-order valence-electron chi connectivity index (χ0n) is 17.6. The van der Waals surface area contributed by atoms with Gasteiger partial charge in [0.15, 0.2) is 0 Å². The molecule has 0 atom stereocenters. The van der Waals surface area contributed by atoms with E-state index in [1.165, 1.54) is 6.07 Å². The molecule has 1 heterocycles. The lowest BCUT2D eigenvalue weighted by molar-refractivity contribution is -0.139. The lowest BCUT2D eigenvalue weighted by Gasteiger charge is -2.36. The van der Waals surface area contributed by atoms with E-state index in [9.17, 15) is 27.6 Å². The van der Waals surface area contributed by atoms with Gasteiger partial charge in [0.05, 0.1) is 5.56 Å². The third-order valence-corrected chi connectivity index (χ3v) is 5.96. The van der Waals surface area contributed by atoms with Crippen LogP contribution in [0.15, 0.2) is 24.3 Å². The Morgan fingerprint density at radius 3 is 2.39 bits per heavy atom. The minimum Gasteiger partial charge on any atom is -0.337 e. The molecular formula is C21H27F3N4O3. The molecule has 0 radical (unpaired) electrons. The van der Waals surface area contributed by atoms with Crippen molar-refractivity contribution < 1.29 is 27.6 Å². The van der Waals surface area contributed by atoms with Crippen LogP contribution in [-0.2, 0) is 22.3 Å². The van der Waals surface area contributed by atoms with Gasteiger partial charge in [-0.2, -0.15) is 13.2 Å². The summed E-state index contributed by atoms with van der Waals surface area (Å²) >= 11 is 0. The molecule has 170 valence electrons. The molecular weight excluding hydrogens is 413 g/mol. The first-order valence-electron chi connectivity index (χ1n) is 10.2. The fourth-order valence-electron chi connectivity index (χ4n) is 4.15. The number of likely N-dealkylation sites (N-methyl/N-ethyl adjacent to an activating group) is 1. The van der Waals surface area contributed by atoms with Crippen LogP contribution >= 0.6 is 0 Å². The van der Waals surface area contributed by atoms with E-state index in [1.54, 1.807) is 11.0 Å². The maximum absolute atomic E-state index is 13.2. The highest BCUT2D eigenvalue weighted by Gasteiger charge is 2.49. The number of nitrogens with zero attached hydrogens (tertiary/aromatic N) is 2. The van der Waals surface area contributed by atoms with E-state index in [2.05, 4.69) is 10.6 Å². The molecule has 0 aromatic heterocycles. The first kappa shape index (κ1) is 23.1. The minimum atomic E-state index is -4.45. The number of benzene rings is 1. The molecule has 2 fully saturated rings. The predicted molar refractivity (Wildman–Crippen MR) is 107 cm³/mol. The van der Waals surface area contributed by atoms with Gasteiger partial charge >= 0.3 is 12.2 Å². The molecule has 0 bridgehead atoms. The highest BCUT2D eigenvalue weighted by Crippen LogP contribution is 2.35. The second-order valence-corrected chi connectivity index (χ2v) is 8.53. The zero-order valence-corrected chi connectivity index (χ0v) is 17.6. The van der Waals surface area contributed by atoms with Crippen molar-refractivity contribution >= 4 is 17.8 Å². The molecule has 1 aliphatic heterocycles. The summed E-state index contributed by atoms with van der Waals surface area (Å²) in [5, 5.41) is 4.92. The largest absolute Gasteiger partial charge is 0.416 e. The van der Waals surface area contributed by atoms with Crippen molar-refractivity contribution in [3.63, 3.8) is 0 Å². The summed E-state index contributed by atoms with van der Waals surface area (Å²) in [5.74, 6) is -0.848. The number of alkyl halides is 3. The molecule has 10 heteroatoms. The monoisotopic (exact) mass is 440 g/mol. The molecule has 1 aromatic rings. The average molecular weight is 440 g/mol. The van der Waals surface area contributed by atoms with E-state index in [-0.39, 0.29) is 24.3 Å². The van der Waals surface area contributed by atoms with E-state index in [1.807, 2.05) is 19.0 Å². The maximum Gasteiger partial charge on any atom is 0.416 e. The van der Waals surface area contributed by atoms with Gasteiger partial charge in [-0.25, -0.2) is 4.79 Å². The van der Waals surface area contributed by atoms with Crippen LogP contribution in [0.4, 0.5) is 18.0 Å². The Morgan fingerprint density at radius 2 is 1.84 bits per heavy atom. The van der Waals surface area contributed by atoms with Gasteiger partial charge in [0.2, 0.25) is 5.91 Å². The van der Waals surface area contributed by atoms with Crippen molar-refractivity contribution in [1.82, 2.24) is 20.4 Å². The summed E-state index contributed by atoms with van der Waals surface area (Å²) < 4.78 is 39.2. The topological polar surface area (TPSA) is 81.8 Å². The third kappa shape index (κ3) is 5.36. The van der Waals surface area contributed by atoms with Crippen LogP contribution in [0.2, 0.25) is 0 Å². The van der Waals surface area contributed by atoms with Gasteiger partial charge in [-0.15, -0.1) is 0 Å². The average Bonchev–Trinajstić information content (AvgIpc) is 2.97. The predicted octanol–water partition coefficient (Wildman–Crippen LogP) is 2.36. The summed E-state index contributed by atoms with van der Waals surface area (Å²) in [4.78, 5) is 40.3. The molecule has 1 spiro atoms. The number of imide groups is 1. The molecule has 2 N–H and O–H groups in total. The van der Waals surface area contributed by atoms with Gasteiger partial charge < -0.3 is 15.1 Å². The number of hydrogen-bond acceptors (Lipinski definition) is 4. The van der Waals surface area contributed by atoms with Gasteiger partial charge in [0.25, 0.3) is 5.91 Å². The molecule has 4 amide bonds. The van der Waals surface area contributed by atoms with Crippen molar-refractivity contribution in [1.29, 1.82) is 0 Å². The summed E-state index contributed by atoms with van der Waals surface area (Å²) in [7, 11) is 3.72. The Hall–Kier alpha value is -2.62. The van der Waals surface area contributed by atoms with Crippen LogP contribution in [0.3, 0.4) is 0 Å². The van der Waals surface area contributed by atoms with Crippen molar-refractivity contribution in [2.75, 3.05) is 27.2 Å². The molecule has 7 nitrogen and oxygen atoms in total. The van der Waals surface area contributed by atoms with E-state index in [0.717, 1.165) is 12.1 Å². The van der Waals surface area contributed by atoms with E-state index < -0.39 is 23.3 Å². The van der Waals surface area contributed by atoms with Crippen molar-refractivity contribution in [2.24, 2.45) is 5.92 Å². The van der Waals surface area contributed by atoms with Gasteiger partial charge in [-0.3, -0.25) is 14.9 Å². The lowest BCUT2D eigenvalue weighted by atomic mass is 9.76. The summed E-state index contributed by atoms with van der Waals surface area (Å²) in [6.07, 6.45) is -2.89. The normalized spacial score (nSPS) is 23.7. The zero-order chi connectivity index (χ0) is 22.8. The number of urea groups is 1. The highest BCUT2D eigenvalue weighted by atomic mass is 19.4. The first-order valence-corrected chi connectivity index (χ1v) is 10.2. The highest BCUT2D eigenvalue weighted by molar-refractivity contribution is 6.07. The van der Waals surface area contributed by atoms with Crippen LogP contribution < -0.4 is 10.6 Å². The number of nitrogens with one attached hydrogen (secondary N) is 2. The SMILES string of the molecule is CN(C)CCN(Cc1cccc(C(F)(F)F)c1)C(=O)C1CCC2(CC1)NC(=O)NC2=O. The Balaban J connectivity index is 1.71. The smallest absolute Gasteiger partial charge is 0.337 e. The van der Waals surface area contributed by atoms with Crippen molar-refractivity contribution in [3.05, 3.63) is 35.4 Å². The van der Waals surface area contributed by atoms with Crippen molar-refractivity contribution in [3.8, 4) is 0 Å². The van der Waals surface area contributed by atoms with E-state index >= 15 is 0 Å². The number of hydrogen-bond donors (Lipinski definition) is 2. The third-order valence-electron chi connectivity index (χ3n) is 5.96. The molecule has 3 rings (SSSR count). The van der Waals surface area contributed by atoms with Crippen LogP contribution in [0.5, 0.6) is 0 Å². The number of rotatable bonds is 6. The number of amides is 4. The number of carbonyl (C=O) groups is 3. The van der Waals surface area contributed by atoms with E-state index in [0.29, 0.717) is 44.3 Å². The van der Waals surface area contributed by atoms with Crippen LogP contribution in [-0.4, -0.2) is 60.4 Å². The molecule has 1 saturated carbocycles. The standard InChI is InChI=1S/C21H27F3N4O3/c1-27(2)10-11-28(13-14-4-3-5-16(12-14)21(22,23)24)17(29)15-6-8-20(9-7-15)18(30)25-19(31)26-20/h3-5,12,15H,6-11,13H2,1-2H3,(H2,25,26,30,31). The second-order valence-electron chi connectivity index (χ2n) is 8.53. The Kier molecular flexibility index (Phi) is 6.59. The van der Waals surface area contributed by atoms with Gasteiger partial charge in [0.1, 0.15) is 5.54 Å². The van der Waals surface area contributed by atoms with Gasteiger partial charge in [-0.1, -0.05) is 12.1 Å². The molecule has 1 saturated heterocycles. The molecule has 31 heavy (non-hydrogen) atoms. The summed E-state index contributed by atoms with van der Waals surface area (Å²) in [6, 6.07) is 4.49. The maximum atomic E-state index is 13.2. The number of carbonyl (C=O) groups excluding carboxylic acids is 3. The van der Waals surface area contributed by atoms with Crippen molar-refractivity contribution in [2.45, 2.75) is 43.9 Å². The minimum absolute atomic E-state index is 0.0788. The van der Waals surface area contributed by atoms with E-state index in [4.69, 9.17) is 0 Å². The fourth-order valence-corrected chi connectivity index (χ4v) is 4.15. The number of halogens is 3. The second kappa shape index (κ2) is 8.86. The molecule has 2 aliphatic rings. The lowest BCUT2D eigenvalue weighted by Crippen LogP contribution is -2.51. The fraction of sp³-hybridized carbons (Fsp3) is 0.571. The molecule has 1 aromatic carbocycles. The quantitative estimate of drug-likeness (QED) is 0.666. The Labute approximate surface area is 178 Å². The Bertz CT molecular complexity index is 849. The summed E-state index contributed by atoms with van der Waals surface area (Å²) in [6.45, 7) is 1.02. The van der Waals surface area contributed by atoms with Gasteiger partial charge in [-0.05, 0) is 57.5 Å². The molecule has 1 aliphatic carbocycles. The van der Waals surface area contributed by atoms with Crippen LogP contribution in [0.1, 0.15) is 36.8 Å². The van der Waals surface area contributed by atoms with Crippen LogP contribution in [0, 0.1) is 5.92 Å².